The van der Waals surface area contributed by atoms with E-state index in [9.17, 15) is 18.8 Å². The van der Waals surface area contributed by atoms with Gasteiger partial charge >= 0.3 is 11.9 Å². The van der Waals surface area contributed by atoms with Gasteiger partial charge in [0.25, 0.3) is 0 Å². The van der Waals surface area contributed by atoms with Crippen LogP contribution >= 0.6 is 0 Å². The molecule has 0 aliphatic carbocycles. The third-order valence-electron chi connectivity index (χ3n) is 3.00. The number of amides is 4. The number of nitrogens with zero attached hydrogens (tertiary/aromatic N) is 1. The molecular weight excluding hydrogens is 293 g/mol. The maximum absolute atomic E-state index is 13.6. The molecule has 0 unspecified atom stereocenters. The number of nitrogens with one attached hydrogen (secondary N) is 2. The minimum Gasteiger partial charge on any atom is -0.451 e. The van der Waals surface area contributed by atoms with Gasteiger partial charge in [0.15, 0.2) is 5.76 Å². The van der Waals surface area contributed by atoms with E-state index >= 15 is 0 Å². The first kappa shape index (κ1) is 13.8. The number of furan rings is 1. The number of hydrogen-bond donors (Lipinski definition) is 2. The second-order valence-electron chi connectivity index (χ2n) is 4.52. The van der Waals surface area contributed by atoms with Crippen molar-refractivity contribution >= 4 is 17.8 Å². The topological polar surface area (TPSA) is 91.7 Å². The summed E-state index contributed by atoms with van der Waals surface area (Å²) in [6.07, 6.45) is 0. The summed E-state index contributed by atoms with van der Waals surface area (Å²) >= 11 is 0. The molecule has 1 saturated heterocycles. The maximum atomic E-state index is 13.6. The molecule has 2 N–H and O–H groups in total. The van der Waals surface area contributed by atoms with Gasteiger partial charge in [0.2, 0.25) is 5.91 Å². The molecule has 3 rings (SSSR count). The Morgan fingerprint density at radius 2 is 2.00 bits per heavy atom. The SMILES string of the molecule is O=C1CN(NC(=O)c2ccc(-c3ccccc3F)o2)C(=O)N1. The summed E-state index contributed by atoms with van der Waals surface area (Å²) in [5, 5.41) is 2.84. The first-order valence-corrected chi connectivity index (χ1v) is 6.31. The fraction of sp³-hybridized carbons (Fsp3) is 0.0714. The van der Waals surface area contributed by atoms with Crippen molar-refractivity contribution in [1.29, 1.82) is 0 Å². The first-order valence-electron chi connectivity index (χ1n) is 6.31. The number of carbonyl (C=O) groups is 3. The van der Waals surface area contributed by atoms with E-state index in [2.05, 4.69) is 5.43 Å². The van der Waals surface area contributed by atoms with Gasteiger partial charge in [-0.25, -0.2) is 14.2 Å². The molecule has 22 heavy (non-hydrogen) atoms. The van der Waals surface area contributed by atoms with Crippen LogP contribution in [0.4, 0.5) is 9.18 Å². The number of rotatable bonds is 3. The van der Waals surface area contributed by atoms with Crippen LogP contribution in [0.3, 0.4) is 0 Å². The van der Waals surface area contributed by atoms with Crippen molar-refractivity contribution in [2.24, 2.45) is 0 Å². The lowest BCUT2D eigenvalue weighted by molar-refractivity contribution is -0.118. The Hall–Kier alpha value is -3.16. The van der Waals surface area contributed by atoms with Gasteiger partial charge in [0.05, 0.1) is 5.56 Å². The molecule has 1 fully saturated rings. The number of imide groups is 1. The molecule has 7 nitrogen and oxygen atoms in total. The third-order valence-corrected chi connectivity index (χ3v) is 3.00. The van der Waals surface area contributed by atoms with Gasteiger partial charge in [-0.05, 0) is 24.3 Å². The highest BCUT2D eigenvalue weighted by Crippen LogP contribution is 2.24. The second-order valence-corrected chi connectivity index (χ2v) is 4.52. The largest absolute Gasteiger partial charge is 0.451 e. The molecule has 2 heterocycles. The summed E-state index contributed by atoms with van der Waals surface area (Å²) in [5.41, 5.74) is 2.45. The summed E-state index contributed by atoms with van der Waals surface area (Å²) in [6.45, 7) is -0.272. The van der Waals surface area contributed by atoms with E-state index in [1.807, 2.05) is 5.32 Å². The Morgan fingerprint density at radius 1 is 1.23 bits per heavy atom. The summed E-state index contributed by atoms with van der Waals surface area (Å²) in [4.78, 5) is 34.3. The molecule has 0 spiro atoms. The Bertz CT molecular complexity index is 771. The normalized spacial score (nSPS) is 14.1. The number of hydrazine groups is 1. The Kier molecular flexibility index (Phi) is 3.34. The predicted molar refractivity (Wildman–Crippen MR) is 71.8 cm³/mol. The van der Waals surface area contributed by atoms with E-state index in [0.29, 0.717) is 0 Å². The molecule has 0 bridgehead atoms. The van der Waals surface area contributed by atoms with Gasteiger partial charge in [-0.3, -0.25) is 20.3 Å². The smallest absolute Gasteiger partial charge is 0.343 e. The number of carbonyl (C=O) groups excluding carboxylic acids is 3. The zero-order chi connectivity index (χ0) is 15.7. The van der Waals surface area contributed by atoms with Crippen LogP contribution < -0.4 is 10.7 Å². The molecule has 1 aromatic heterocycles. The molecular formula is C14H10FN3O4. The van der Waals surface area contributed by atoms with E-state index in [1.165, 1.54) is 24.3 Å². The van der Waals surface area contributed by atoms with Gasteiger partial charge in [-0.2, -0.15) is 0 Å². The molecule has 0 radical (unpaired) electrons. The Balaban J connectivity index is 1.76. The minimum atomic E-state index is -0.723. The highest BCUT2D eigenvalue weighted by molar-refractivity contribution is 6.03. The highest BCUT2D eigenvalue weighted by Gasteiger charge is 2.29. The van der Waals surface area contributed by atoms with Crippen LogP contribution in [0.25, 0.3) is 11.3 Å². The lowest BCUT2D eigenvalue weighted by atomic mass is 10.1. The van der Waals surface area contributed by atoms with Gasteiger partial charge < -0.3 is 4.42 Å². The number of hydrogen-bond acceptors (Lipinski definition) is 4. The summed E-state index contributed by atoms with van der Waals surface area (Å²) in [7, 11) is 0. The monoisotopic (exact) mass is 303 g/mol. The van der Waals surface area contributed by atoms with Crippen molar-refractivity contribution in [3.63, 3.8) is 0 Å². The van der Waals surface area contributed by atoms with E-state index in [0.717, 1.165) is 5.01 Å². The zero-order valence-corrected chi connectivity index (χ0v) is 11.1. The van der Waals surface area contributed by atoms with E-state index < -0.39 is 23.7 Å². The molecule has 1 aliphatic heterocycles. The van der Waals surface area contributed by atoms with Crippen LogP contribution in [0, 0.1) is 5.82 Å². The van der Waals surface area contributed by atoms with E-state index in [1.54, 1.807) is 12.1 Å². The Labute approximate surface area is 123 Å². The van der Waals surface area contributed by atoms with Crippen molar-refractivity contribution in [2.45, 2.75) is 0 Å². The van der Waals surface area contributed by atoms with Gasteiger partial charge in [0.1, 0.15) is 18.1 Å². The van der Waals surface area contributed by atoms with Crippen molar-refractivity contribution in [3.8, 4) is 11.3 Å². The maximum Gasteiger partial charge on any atom is 0.343 e. The van der Waals surface area contributed by atoms with Crippen LogP contribution in [0.5, 0.6) is 0 Å². The number of halogens is 1. The summed E-state index contributed by atoms with van der Waals surface area (Å²) in [6, 6.07) is 8.05. The lowest BCUT2D eigenvalue weighted by Gasteiger charge is -2.12. The van der Waals surface area contributed by atoms with Crippen LogP contribution in [0.1, 0.15) is 10.6 Å². The minimum absolute atomic E-state index is 0.106. The van der Waals surface area contributed by atoms with Crippen LogP contribution in [0.15, 0.2) is 40.8 Å². The van der Waals surface area contributed by atoms with Crippen molar-refractivity contribution in [1.82, 2.24) is 15.8 Å². The summed E-state index contributed by atoms with van der Waals surface area (Å²) < 4.78 is 18.9. The molecule has 0 saturated carbocycles. The van der Waals surface area contributed by atoms with Crippen LogP contribution in [-0.2, 0) is 4.79 Å². The predicted octanol–water partition coefficient (Wildman–Crippen LogP) is 1.28. The van der Waals surface area contributed by atoms with Crippen molar-refractivity contribution < 1.29 is 23.2 Å². The molecule has 2 aromatic rings. The third kappa shape index (κ3) is 2.53. The van der Waals surface area contributed by atoms with Gasteiger partial charge in [-0.15, -0.1) is 0 Å². The molecule has 0 atom stereocenters. The summed E-state index contributed by atoms with van der Waals surface area (Å²) in [5.74, 6) is -1.63. The zero-order valence-electron chi connectivity index (χ0n) is 11.1. The lowest BCUT2D eigenvalue weighted by Crippen LogP contribution is -2.44. The average molecular weight is 303 g/mol. The fourth-order valence-electron chi connectivity index (χ4n) is 1.98. The van der Waals surface area contributed by atoms with Gasteiger partial charge in [-0.1, -0.05) is 12.1 Å². The Morgan fingerprint density at radius 3 is 2.68 bits per heavy atom. The fourth-order valence-corrected chi connectivity index (χ4v) is 1.98. The number of benzene rings is 1. The second kappa shape index (κ2) is 5.32. The van der Waals surface area contributed by atoms with Crippen LogP contribution in [-0.4, -0.2) is 29.4 Å². The van der Waals surface area contributed by atoms with Gasteiger partial charge in [0, 0.05) is 0 Å². The molecule has 112 valence electrons. The molecule has 1 aromatic carbocycles. The van der Waals surface area contributed by atoms with Crippen molar-refractivity contribution in [3.05, 3.63) is 48.0 Å². The van der Waals surface area contributed by atoms with Crippen molar-refractivity contribution in [2.75, 3.05) is 6.54 Å². The average Bonchev–Trinajstić information content (AvgIpc) is 3.07. The van der Waals surface area contributed by atoms with E-state index in [4.69, 9.17) is 4.42 Å². The quantitative estimate of drug-likeness (QED) is 0.836. The number of urea groups is 1. The highest BCUT2D eigenvalue weighted by atomic mass is 19.1. The van der Waals surface area contributed by atoms with Crippen LogP contribution in [0.2, 0.25) is 0 Å². The molecule has 8 heteroatoms. The molecule has 4 amide bonds. The molecule has 1 aliphatic rings. The standard InChI is InChI=1S/C14H10FN3O4/c15-9-4-2-1-3-8(9)10-5-6-11(22-10)13(20)17-18-7-12(19)16-14(18)21/h1-6H,7H2,(H,17,20)(H,16,19,21). The first-order chi connectivity index (χ1) is 10.5. The van der Waals surface area contributed by atoms with E-state index in [-0.39, 0.29) is 23.6 Å².